The zero-order chi connectivity index (χ0) is 10.8. The van der Waals surface area contributed by atoms with Gasteiger partial charge in [-0.05, 0) is 11.5 Å². The molecule has 0 saturated carbocycles. The normalized spacial score (nSPS) is 13.8. The Hall–Kier alpha value is -1.12. The molecule has 0 aromatic carbocycles. The van der Waals surface area contributed by atoms with Crippen LogP contribution in [0.5, 0.6) is 5.88 Å². The molecule has 0 aliphatic heterocycles. The number of ether oxygens (including phenoxy) is 1. The molecule has 78 valence electrons. The van der Waals surface area contributed by atoms with Crippen molar-refractivity contribution in [2.75, 3.05) is 7.11 Å². The highest BCUT2D eigenvalue weighted by Crippen LogP contribution is 2.33. The molecule has 0 bridgehead atoms. The maximum Gasteiger partial charge on any atom is 0.233 e. The van der Waals surface area contributed by atoms with Gasteiger partial charge in [0, 0.05) is 12.0 Å². The van der Waals surface area contributed by atoms with Gasteiger partial charge in [-0.3, -0.25) is 0 Å². The Balaban J connectivity index is 2.87. The monoisotopic (exact) mass is 194 g/mol. The third kappa shape index (κ3) is 2.44. The molecule has 0 amide bonds. The van der Waals surface area contributed by atoms with Gasteiger partial charge in [-0.25, -0.2) is 0 Å². The summed E-state index contributed by atoms with van der Waals surface area (Å²) in [5, 5.41) is 8.10. The molecule has 14 heavy (non-hydrogen) atoms. The lowest BCUT2D eigenvalue weighted by molar-refractivity contribution is 0.329. The molecule has 1 atom stereocenters. The van der Waals surface area contributed by atoms with Gasteiger partial charge in [0.05, 0.1) is 12.8 Å². The molecular formula is C11H18N2O. The van der Waals surface area contributed by atoms with Crippen LogP contribution in [0.2, 0.25) is 0 Å². The summed E-state index contributed by atoms with van der Waals surface area (Å²) >= 11 is 0. The molecule has 3 nitrogen and oxygen atoms in total. The molecule has 0 spiro atoms. The molecule has 1 aromatic heterocycles. The molecule has 1 unspecified atom stereocenters. The number of rotatable bonds is 2. The molecule has 3 heteroatoms. The smallest absolute Gasteiger partial charge is 0.233 e. The molecule has 1 rings (SSSR count). The van der Waals surface area contributed by atoms with E-state index in [-0.39, 0.29) is 5.41 Å². The first-order valence-electron chi connectivity index (χ1n) is 4.82. The van der Waals surface area contributed by atoms with E-state index < -0.39 is 0 Å². The Labute approximate surface area is 85.5 Å². The van der Waals surface area contributed by atoms with Gasteiger partial charge in [-0.1, -0.05) is 27.7 Å². The molecular weight excluding hydrogens is 176 g/mol. The minimum atomic E-state index is 0.212. The second kappa shape index (κ2) is 3.95. The van der Waals surface area contributed by atoms with E-state index in [1.165, 1.54) is 0 Å². The summed E-state index contributed by atoms with van der Waals surface area (Å²) in [6.45, 7) is 8.76. The number of nitrogens with zero attached hydrogens (tertiary/aromatic N) is 2. The third-order valence-corrected chi connectivity index (χ3v) is 2.61. The van der Waals surface area contributed by atoms with E-state index in [9.17, 15) is 0 Å². The van der Waals surface area contributed by atoms with E-state index >= 15 is 0 Å². The number of hydrogen-bond donors (Lipinski definition) is 0. The predicted octanol–water partition coefficient (Wildman–Crippen LogP) is 2.63. The molecule has 1 aromatic rings. The first-order chi connectivity index (χ1) is 6.45. The lowest BCUT2D eigenvalue weighted by Gasteiger charge is -2.26. The fourth-order valence-corrected chi connectivity index (χ4v) is 1.11. The third-order valence-electron chi connectivity index (χ3n) is 2.61. The second-order valence-electron chi connectivity index (χ2n) is 4.59. The Kier molecular flexibility index (Phi) is 3.09. The van der Waals surface area contributed by atoms with Crippen molar-refractivity contribution in [1.82, 2.24) is 10.2 Å². The zero-order valence-electron chi connectivity index (χ0n) is 9.53. The van der Waals surface area contributed by atoms with Gasteiger partial charge >= 0.3 is 0 Å². The second-order valence-corrected chi connectivity index (χ2v) is 4.59. The molecule has 0 radical (unpaired) electrons. The predicted molar refractivity (Wildman–Crippen MR) is 56.5 cm³/mol. The molecule has 1 heterocycles. The lowest BCUT2D eigenvalue weighted by atomic mass is 9.80. The summed E-state index contributed by atoms with van der Waals surface area (Å²) in [4.78, 5) is 0. The van der Waals surface area contributed by atoms with Crippen molar-refractivity contribution in [3.8, 4) is 5.88 Å². The van der Waals surface area contributed by atoms with Gasteiger partial charge in [0.25, 0.3) is 0 Å². The summed E-state index contributed by atoms with van der Waals surface area (Å²) in [6.07, 6.45) is 0. The summed E-state index contributed by atoms with van der Waals surface area (Å²) in [5.74, 6) is 0.954. The number of methoxy groups -OCH3 is 1. The van der Waals surface area contributed by atoms with E-state index in [0.29, 0.717) is 11.8 Å². The van der Waals surface area contributed by atoms with E-state index in [0.717, 1.165) is 5.69 Å². The van der Waals surface area contributed by atoms with Gasteiger partial charge in [0.1, 0.15) is 0 Å². The van der Waals surface area contributed by atoms with E-state index in [1.807, 2.05) is 12.1 Å². The quantitative estimate of drug-likeness (QED) is 0.726. The average molecular weight is 194 g/mol. The Morgan fingerprint density at radius 2 is 1.86 bits per heavy atom. The summed E-state index contributed by atoms with van der Waals surface area (Å²) in [6, 6.07) is 3.83. The lowest BCUT2D eigenvalue weighted by Crippen LogP contribution is -2.16. The minimum absolute atomic E-state index is 0.212. The maximum absolute atomic E-state index is 4.96. The van der Waals surface area contributed by atoms with Crippen LogP contribution in [0.4, 0.5) is 0 Å². The Morgan fingerprint density at radius 1 is 1.21 bits per heavy atom. The van der Waals surface area contributed by atoms with Gasteiger partial charge < -0.3 is 4.74 Å². The summed E-state index contributed by atoms with van der Waals surface area (Å²) in [7, 11) is 1.59. The van der Waals surface area contributed by atoms with E-state index in [1.54, 1.807) is 7.11 Å². The number of aromatic nitrogens is 2. The van der Waals surface area contributed by atoms with Crippen molar-refractivity contribution in [1.29, 1.82) is 0 Å². The van der Waals surface area contributed by atoms with Crippen molar-refractivity contribution >= 4 is 0 Å². The first-order valence-corrected chi connectivity index (χ1v) is 4.82. The topological polar surface area (TPSA) is 35.0 Å². The standard InChI is InChI=1S/C11H18N2O/c1-8(11(2,3)4)9-6-7-10(14-5)13-12-9/h6-8H,1-5H3. The molecule has 0 saturated heterocycles. The van der Waals surface area contributed by atoms with Crippen LogP contribution in [0.1, 0.15) is 39.3 Å². The number of hydrogen-bond acceptors (Lipinski definition) is 3. The van der Waals surface area contributed by atoms with Gasteiger partial charge in [0.2, 0.25) is 5.88 Å². The maximum atomic E-state index is 4.96. The van der Waals surface area contributed by atoms with Crippen LogP contribution in [0.3, 0.4) is 0 Å². The van der Waals surface area contributed by atoms with E-state index in [4.69, 9.17) is 4.74 Å². The van der Waals surface area contributed by atoms with Crippen molar-refractivity contribution < 1.29 is 4.74 Å². The highest BCUT2D eigenvalue weighted by molar-refractivity contribution is 5.15. The highest BCUT2D eigenvalue weighted by atomic mass is 16.5. The average Bonchev–Trinajstić information content (AvgIpc) is 2.15. The first kappa shape index (κ1) is 11.0. The SMILES string of the molecule is COc1ccc(C(C)C(C)(C)C)nn1. The van der Waals surface area contributed by atoms with Crippen molar-refractivity contribution in [2.24, 2.45) is 5.41 Å². The summed E-state index contributed by atoms with van der Waals surface area (Å²) < 4.78 is 4.96. The van der Waals surface area contributed by atoms with Gasteiger partial charge in [-0.15, -0.1) is 5.10 Å². The van der Waals surface area contributed by atoms with Crippen molar-refractivity contribution in [2.45, 2.75) is 33.6 Å². The molecule has 0 N–H and O–H groups in total. The van der Waals surface area contributed by atoms with Crippen LogP contribution < -0.4 is 4.74 Å². The van der Waals surface area contributed by atoms with Crippen molar-refractivity contribution in [3.63, 3.8) is 0 Å². The van der Waals surface area contributed by atoms with Crippen LogP contribution in [-0.2, 0) is 0 Å². The molecule has 0 aliphatic carbocycles. The van der Waals surface area contributed by atoms with Crippen LogP contribution in [0.25, 0.3) is 0 Å². The fourth-order valence-electron chi connectivity index (χ4n) is 1.11. The summed E-state index contributed by atoms with van der Waals surface area (Å²) in [5.41, 5.74) is 1.22. The largest absolute Gasteiger partial charge is 0.480 e. The Bertz CT molecular complexity index is 287. The van der Waals surface area contributed by atoms with Gasteiger partial charge in [0.15, 0.2) is 0 Å². The zero-order valence-corrected chi connectivity index (χ0v) is 9.53. The van der Waals surface area contributed by atoms with Gasteiger partial charge in [-0.2, -0.15) is 5.10 Å². The molecule has 0 fully saturated rings. The Morgan fingerprint density at radius 3 is 2.21 bits per heavy atom. The van der Waals surface area contributed by atoms with Crippen LogP contribution in [-0.4, -0.2) is 17.3 Å². The van der Waals surface area contributed by atoms with Crippen LogP contribution >= 0.6 is 0 Å². The van der Waals surface area contributed by atoms with Crippen molar-refractivity contribution in [3.05, 3.63) is 17.8 Å². The fraction of sp³-hybridized carbons (Fsp3) is 0.636. The minimum Gasteiger partial charge on any atom is -0.480 e. The van der Waals surface area contributed by atoms with Crippen LogP contribution in [0, 0.1) is 5.41 Å². The van der Waals surface area contributed by atoms with Crippen LogP contribution in [0.15, 0.2) is 12.1 Å². The van der Waals surface area contributed by atoms with E-state index in [2.05, 4.69) is 37.9 Å². The highest BCUT2D eigenvalue weighted by Gasteiger charge is 2.22. The molecule has 0 aliphatic rings.